The lowest BCUT2D eigenvalue weighted by molar-refractivity contribution is 1.17. The summed E-state index contributed by atoms with van der Waals surface area (Å²) in [6.07, 6.45) is 0. The van der Waals surface area contributed by atoms with Gasteiger partial charge in [0, 0.05) is 53.1 Å². The molecule has 0 unspecified atom stereocenters. The van der Waals surface area contributed by atoms with Crippen LogP contribution in [0.15, 0.2) is 224 Å². The highest BCUT2D eigenvalue weighted by molar-refractivity contribution is 7.26. The van der Waals surface area contributed by atoms with Gasteiger partial charge in [-0.25, -0.2) is 9.97 Å². The molecule has 0 saturated carbocycles. The fourth-order valence-electron chi connectivity index (χ4n) is 11.2. The van der Waals surface area contributed by atoms with Crippen LogP contribution in [0.1, 0.15) is 0 Å². The summed E-state index contributed by atoms with van der Waals surface area (Å²) in [5.74, 6) is 0.705. The summed E-state index contributed by atoms with van der Waals surface area (Å²) in [7, 11) is 0. The Morgan fingerprint density at radius 1 is 0.324 bits per heavy atom. The minimum absolute atomic E-state index is 0.705. The molecule has 0 bridgehead atoms. The fraction of sp³-hybridized carbons (Fsp3) is 0. The van der Waals surface area contributed by atoms with Gasteiger partial charge in [-0.15, -0.1) is 11.3 Å². The Hall–Kier alpha value is -8.70. The molecule has 0 radical (unpaired) electrons. The van der Waals surface area contributed by atoms with Crippen molar-refractivity contribution >= 4 is 85.8 Å². The van der Waals surface area contributed by atoms with Crippen LogP contribution in [0.2, 0.25) is 0 Å². The Bertz CT molecular complexity index is 4390. The molecule has 0 atom stereocenters. The van der Waals surface area contributed by atoms with E-state index in [1.54, 1.807) is 0 Å². The predicted octanol–water partition coefficient (Wildman–Crippen LogP) is 17.7. The predicted molar refractivity (Wildman–Crippen MR) is 288 cm³/mol. The first-order valence-electron chi connectivity index (χ1n) is 23.2. The molecule has 14 aromatic rings. The van der Waals surface area contributed by atoms with E-state index in [0.717, 1.165) is 33.4 Å². The molecular formula is C64H37N3S. The summed E-state index contributed by atoms with van der Waals surface area (Å²) >= 11 is 1.87. The first kappa shape index (κ1) is 37.5. The van der Waals surface area contributed by atoms with Gasteiger partial charge in [0.2, 0.25) is 0 Å². The lowest BCUT2D eigenvalue weighted by atomic mass is 9.93. The quantitative estimate of drug-likeness (QED) is 0.172. The lowest BCUT2D eigenvalue weighted by Crippen LogP contribution is -1.97. The molecular weight excluding hydrogens is 843 g/mol. The summed E-state index contributed by atoms with van der Waals surface area (Å²) in [6, 6.07) is 82.0. The standard InChI is InChI=1S/C64H37N3S/c1-2-11-46-38(10-1)27-35-60-62(46)55-37-43(28-34-59(55)68-60)42-26-33-58-54(36-42)49-14-6-8-19-57(49)67(58)44-29-24-41(25-30-44)64-65-56-18-7-5-15-53(56)63(66-64)40-22-20-39(21-23-40)45-31-32-52-48-13-4-3-12-47(48)51-17-9-16-50(45)61(51)52/h1-37H. The maximum atomic E-state index is 5.31. The molecule has 3 aromatic heterocycles. The Labute approximate surface area is 395 Å². The van der Waals surface area contributed by atoms with E-state index in [4.69, 9.17) is 9.97 Å². The normalized spacial score (nSPS) is 12.1. The topological polar surface area (TPSA) is 30.7 Å². The molecule has 68 heavy (non-hydrogen) atoms. The number of para-hydroxylation sites is 2. The van der Waals surface area contributed by atoms with E-state index in [2.05, 4.69) is 229 Å². The Balaban J connectivity index is 0.789. The first-order chi connectivity index (χ1) is 33.7. The Morgan fingerprint density at radius 2 is 0.926 bits per heavy atom. The van der Waals surface area contributed by atoms with Crippen LogP contribution in [0, 0.1) is 0 Å². The molecule has 0 saturated heterocycles. The van der Waals surface area contributed by atoms with Gasteiger partial charge in [-0.3, -0.25) is 0 Å². The van der Waals surface area contributed by atoms with E-state index in [0.29, 0.717) is 5.82 Å². The largest absolute Gasteiger partial charge is 0.309 e. The smallest absolute Gasteiger partial charge is 0.160 e. The van der Waals surface area contributed by atoms with Crippen molar-refractivity contribution in [2.75, 3.05) is 0 Å². The van der Waals surface area contributed by atoms with Crippen LogP contribution < -0.4 is 0 Å². The molecule has 314 valence electrons. The van der Waals surface area contributed by atoms with Crippen LogP contribution in [0.5, 0.6) is 0 Å². The minimum atomic E-state index is 0.705. The van der Waals surface area contributed by atoms with Gasteiger partial charge in [0.25, 0.3) is 0 Å². The van der Waals surface area contributed by atoms with Crippen molar-refractivity contribution < 1.29 is 0 Å². The van der Waals surface area contributed by atoms with Gasteiger partial charge in [-0.1, -0.05) is 158 Å². The summed E-state index contributed by atoms with van der Waals surface area (Å²) in [4.78, 5) is 10.4. The average molecular weight is 880 g/mol. The lowest BCUT2D eigenvalue weighted by Gasteiger charge is -2.13. The van der Waals surface area contributed by atoms with Gasteiger partial charge in [-0.2, -0.15) is 0 Å². The highest BCUT2D eigenvalue weighted by atomic mass is 32.1. The Morgan fingerprint density at radius 3 is 1.78 bits per heavy atom. The first-order valence-corrected chi connectivity index (χ1v) is 24.0. The molecule has 0 spiro atoms. The van der Waals surface area contributed by atoms with E-state index in [1.807, 2.05) is 11.3 Å². The van der Waals surface area contributed by atoms with Gasteiger partial charge >= 0.3 is 0 Å². The van der Waals surface area contributed by atoms with Crippen LogP contribution in [-0.2, 0) is 0 Å². The second kappa shape index (κ2) is 14.4. The molecule has 0 fully saturated rings. The number of aromatic nitrogens is 3. The van der Waals surface area contributed by atoms with E-state index in [9.17, 15) is 0 Å². The average Bonchev–Trinajstić information content (AvgIpc) is 4.07. The van der Waals surface area contributed by atoms with Crippen molar-refractivity contribution in [1.29, 1.82) is 0 Å². The van der Waals surface area contributed by atoms with Crippen LogP contribution in [-0.4, -0.2) is 14.5 Å². The molecule has 3 nitrogen and oxygen atoms in total. The zero-order valence-electron chi connectivity index (χ0n) is 36.6. The molecule has 15 rings (SSSR count). The SMILES string of the molecule is c1ccc2c(c1)-c1cccc3c(-c4ccc(-c5nc(-c6ccc(-n7c8ccccc8c8cc(-c9ccc%10sc%11ccc%12ccccc%12c%11c%10c9)ccc87)cc6)nc6ccccc56)cc4)ccc-2c13. The molecule has 0 amide bonds. The van der Waals surface area contributed by atoms with Crippen LogP contribution in [0.25, 0.3) is 147 Å². The van der Waals surface area contributed by atoms with E-state index >= 15 is 0 Å². The van der Waals surface area contributed by atoms with Crippen molar-refractivity contribution in [3.63, 3.8) is 0 Å². The van der Waals surface area contributed by atoms with Crippen LogP contribution >= 0.6 is 11.3 Å². The zero-order chi connectivity index (χ0) is 44.5. The van der Waals surface area contributed by atoms with Gasteiger partial charge in [0.05, 0.1) is 22.2 Å². The van der Waals surface area contributed by atoms with E-state index in [1.165, 1.54) is 108 Å². The number of hydrogen-bond acceptors (Lipinski definition) is 3. The van der Waals surface area contributed by atoms with Crippen molar-refractivity contribution in [1.82, 2.24) is 14.5 Å². The molecule has 4 heteroatoms. The maximum absolute atomic E-state index is 5.31. The highest BCUT2D eigenvalue weighted by Crippen LogP contribution is 2.49. The van der Waals surface area contributed by atoms with Crippen LogP contribution in [0.3, 0.4) is 0 Å². The number of fused-ring (bicyclic) bond motifs is 12. The molecule has 3 heterocycles. The Kier molecular flexibility index (Phi) is 7.94. The van der Waals surface area contributed by atoms with Gasteiger partial charge in [-0.05, 0) is 133 Å². The number of rotatable bonds is 5. The van der Waals surface area contributed by atoms with Crippen molar-refractivity contribution in [3.05, 3.63) is 224 Å². The third-order valence-electron chi connectivity index (χ3n) is 14.4. The van der Waals surface area contributed by atoms with Crippen molar-refractivity contribution in [2.45, 2.75) is 0 Å². The summed E-state index contributed by atoms with van der Waals surface area (Å²) in [6.45, 7) is 0. The van der Waals surface area contributed by atoms with Crippen molar-refractivity contribution in [3.8, 4) is 72.8 Å². The van der Waals surface area contributed by atoms with Gasteiger partial charge in [0.15, 0.2) is 5.82 Å². The third-order valence-corrected chi connectivity index (χ3v) is 15.5. The van der Waals surface area contributed by atoms with Crippen LogP contribution in [0.4, 0.5) is 0 Å². The number of benzene rings is 11. The summed E-state index contributed by atoms with van der Waals surface area (Å²) < 4.78 is 5.03. The number of nitrogens with zero attached hydrogens (tertiary/aromatic N) is 3. The van der Waals surface area contributed by atoms with Gasteiger partial charge in [0.1, 0.15) is 0 Å². The molecule has 1 aliphatic rings. The van der Waals surface area contributed by atoms with Gasteiger partial charge < -0.3 is 4.57 Å². The summed E-state index contributed by atoms with van der Waals surface area (Å²) in [5.41, 5.74) is 17.4. The second-order valence-corrected chi connectivity index (χ2v) is 19.1. The van der Waals surface area contributed by atoms with Crippen molar-refractivity contribution in [2.24, 2.45) is 0 Å². The molecule has 0 aliphatic heterocycles. The maximum Gasteiger partial charge on any atom is 0.160 e. The van der Waals surface area contributed by atoms with E-state index < -0.39 is 0 Å². The number of hydrogen-bond donors (Lipinski definition) is 0. The fourth-order valence-corrected chi connectivity index (χ4v) is 12.3. The minimum Gasteiger partial charge on any atom is -0.309 e. The third kappa shape index (κ3) is 5.53. The number of thiophene rings is 1. The zero-order valence-corrected chi connectivity index (χ0v) is 37.4. The summed E-state index contributed by atoms with van der Waals surface area (Å²) in [5, 5.41) is 11.4. The van der Waals surface area contributed by atoms with E-state index in [-0.39, 0.29) is 0 Å². The molecule has 0 N–H and O–H groups in total. The monoisotopic (exact) mass is 879 g/mol. The highest BCUT2D eigenvalue weighted by Gasteiger charge is 2.23. The molecule has 1 aliphatic carbocycles. The second-order valence-electron chi connectivity index (χ2n) is 18.0. The molecule has 11 aromatic carbocycles.